The number of hydrogen-bond donors (Lipinski definition) is 3. The van der Waals surface area contributed by atoms with Gasteiger partial charge in [0.15, 0.2) is 0 Å². The van der Waals surface area contributed by atoms with Crippen molar-refractivity contribution in [3.05, 3.63) is 0 Å². The first-order valence-electron chi connectivity index (χ1n) is 4.47. The molecule has 0 heterocycles. The van der Waals surface area contributed by atoms with Gasteiger partial charge in [0.25, 0.3) is 0 Å². The molecule has 0 aliphatic heterocycles. The molecule has 78 valence electrons. The molecule has 13 heavy (non-hydrogen) atoms. The SMILES string of the molecule is CSCCCCNCCC(N)=NO. The Labute approximate surface area is 84.0 Å². The maximum Gasteiger partial charge on any atom is 0.140 e. The van der Waals surface area contributed by atoms with Gasteiger partial charge in [-0.05, 0) is 31.4 Å². The van der Waals surface area contributed by atoms with Crippen molar-refractivity contribution < 1.29 is 5.21 Å². The molecule has 0 spiro atoms. The molecule has 4 nitrogen and oxygen atoms in total. The van der Waals surface area contributed by atoms with Crippen LogP contribution in [0.2, 0.25) is 0 Å². The second kappa shape index (κ2) is 9.67. The van der Waals surface area contributed by atoms with Gasteiger partial charge < -0.3 is 16.3 Å². The second-order valence-electron chi connectivity index (χ2n) is 2.79. The van der Waals surface area contributed by atoms with E-state index in [1.54, 1.807) is 0 Å². The number of nitrogens with zero attached hydrogens (tertiary/aromatic N) is 1. The Morgan fingerprint density at radius 1 is 1.46 bits per heavy atom. The summed E-state index contributed by atoms with van der Waals surface area (Å²) >= 11 is 1.87. The normalized spacial score (nSPS) is 11.9. The number of nitrogens with two attached hydrogens (primary N) is 1. The fraction of sp³-hybridized carbons (Fsp3) is 0.875. The first-order chi connectivity index (χ1) is 6.31. The maximum atomic E-state index is 8.24. The van der Waals surface area contributed by atoms with Crippen LogP contribution in [0, 0.1) is 0 Å². The average molecular weight is 205 g/mol. The topological polar surface area (TPSA) is 70.6 Å². The molecule has 0 aromatic carbocycles. The van der Waals surface area contributed by atoms with Crippen molar-refractivity contribution >= 4 is 17.6 Å². The Morgan fingerprint density at radius 2 is 2.23 bits per heavy atom. The lowest BCUT2D eigenvalue weighted by Gasteiger charge is -2.02. The summed E-state index contributed by atoms with van der Waals surface area (Å²) in [6.45, 7) is 1.80. The molecular formula is C8H19N3OS. The lowest BCUT2D eigenvalue weighted by molar-refractivity contribution is 0.316. The highest BCUT2D eigenvalue weighted by Crippen LogP contribution is 1.97. The summed E-state index contributed by atoms with van der Waals surface area (Å²) in [7, 11) is 0. The third kappa shape index (κ3) is 9.49. The van der Waals surface area contributed by atoms with Gasteiger partial charge in [-0.25, -0.2) is 0 Å². The molecule has 0 aliphatic carbocycles. The van der Waals surface area contributed by atoms with Crippen LogP contribution in [0.25, 0.3) is 0 Å². The number of amidine groups is 1. The smallest absolute Gasteiger partial charge is 0.140 e. The minimum atomic E-state index is 0.289. The van der Waals surface area contributed by atoms with E-state index in [1.165, 1.54) is 18.6 Å². The molecule has 0 atom stereocenters. The van der Waals surface area contributed by atoms with Gasteiger partial charge in [0.1, 0.15) is 5.84 Å². The lowest BCUT2D eigenvalue weighted by atomic mass is 10.3. The minimum absolute atomic E-state index is 0.289. The van der Waals surface area contributed by atoms with E-state index < -0.39 is 0 Å². The fourth-order valence-electron chi connectivity index (χ4n) is 0.888. The Balaban J connectivity index is 3.00. The summed E-state index contributed by atoms with van der Waals surface area (Å²) in [6.07, 6.45) is 5.17. The number of unbranched alkanes of at least 4 members (excludes halogenated alkanes) is 1. The number of hydrogen-bond acceptors (Lipinski definition) is 4. The second-order valence-corrected chi connectivity index (χ2v) is 3.78. The van der Waals surface area contributed by atoms with E-state index in [2.05, 4.69) is 16.7 Å². The van der Waals surface area contributed by atoms with Crippen LogP contribution in [0.15, 0.2) is 5.16 Å². The summed E-state index contributed by atoms with van der Waals surface area (Å²) < 4.78 is 0. The Hall–Kier alpha value is -0.420. The van der Waals surface area contributed by atoms with Gasteiger partial charge in [0.2, 0.25) is 0 Å². The van der Waals surface area contributed by atoms with Crippen LogP contribution in [-0.2, 0) is 0 Å². The van der Waals surface area contributed by atoms with Crippen LogP contribution in [0.3, 0.4) is 0 Å². The van der Waals surface area contributed by atoms with Crippen molar-refractivity contribution in [2.75, 3.05) is 25.1 Å². The van der Waals surface area contributed by atoms with E-state index in [9.17, 15) is 0 Å². The zero-order chi connectivity index (χ0) is 9.94. The Bertz CT molecular complexity index is 141. The third-order valence-corrected chi connectivity index (χ3v) is 2.34. The van der Waals surface area contributed by atoms with Gasteiger partial charge in [-0.3, -0.25) is 0 Å². The highest BCUT2D eigenvalue weighted by molar-refractivity contribution is 7.98. The number of nitrogens with one attached hydrogen (secondary N) is 1. The van der Waals surface area contributed by atoms with Crippen molar-refractivity contribution in [3.63, 3.8) is 0 Å². The fourth-order valence-corrected chi connectivity index (χ4v) is 1.38. The Morgan fingerprint density at radius 3 is 2.85 bits per heavy atom. The van der Waals surface area contributed by atoms with Crippen molar-refractivity contribution in [3.8, 4) is 0 Å². The van der Waals surface area contributed by atoms with Crippen LogP contribution < -0.4 is 11.1 Å². The standard InChI is InChI=1S/C8H19N3OS/c1-13-7-3-2-5-10-6-4-8(9)11-12/h10,12H,2-7H2,1H3,(H2,9,11). The van der Waals surface area contributed by atoms with Crippen molar-refractivity contribution in [2.45, 2.75) is 19.3 Å². The summed E-state index contributed by atoms with van der Waals surface area (Å²) in [6, 6.07) is 0. The van der Waals surface area contributed by atoms with Crippen LogP contribution >= 0.6 is 11.8 Å². The van der Waals surface area contributed by atoms with Gasteiger partial charge >= 0.3 is 0 Å². The van der Waals surface area contributed by atoms with E-state index >= 15 is 0 Å². The van der Waals surface area contributed by atoms with Crippen LogP contribution in [-0.4, -0.2) is 36.1 Å². The van der Waals surface area contributed by atoms with E-state index in [1.807, 2.05) is 11.8 Å². The molecule has 0 saturated carbocycles. The highest BCUT2D eigenvalue weighted by Gasteiger charge is 1.92. The molecule has 0 aromatic rings. The molecule has 0 fully saturated rings. The maximum absolute atomic E-state index is 8.24. The minimum Gasteiger partial charge on any atom is -0.409 e. The molecular weight excluding hydrogens is 186 g/mol. The quantitative estimate of drug-likeness (QED) is 0.181. The summed E-state index contributed by atoms with van der Waals surface area (Å²) in [4.78, 5) is 0. The van der Waals surface area contributed by atoms with E-state index in [0.29, 0.717) is 6.42 Å². The first kappa shape index (κ1) is 12.6. The van der Waals surface area contributed by atoms with Gasteiger partial charge in [-0.1, -0.05) is 5.16 Å². The zero-order valence-electron chi connectivity index (χ0n) is 8.12. The molecule has 0 unspecified atom stereocenters. The number of oxime groups is 1. The molecule has 0 aliphatic rings. The Kier molecular flexibility index (Phi) is 9.35. The van der Waals surface area contributed by atoms with Crippen molar-refractivity contribution in [1.82, 2.24) is 5.32 Å². The predicted molar refractivity (Wildman–Crippen MR) is 58.5 cm³/mol. The van der Waals surface area contributed by atoms with Crippen LogP contribution in [0.5, 0.6) is 0 Å². The van der Waals surface area contributed by atoms with Gasteiger partial charge in [0, 0.05) is 13.0 Å². The molecule has 4 N–H and O–H groups in total. The average Bonchev–Trinajstić information content (AvgIpc) is 2.16. The lowest BCUT2D eigenvalue weighted by Crippen LogP contribution is -2.23. The van der Waals surface area contributed by atoms with Crippen molar-refractivity contribution in [1.29, 1.82) is 0 Å². The molecule has 0 radical (unpaired) electrons. The van der Waals surface area contributed by atoms with Crippen LogP contribution in [0.1, 0.15) is 19.3 Å². The predicted octanol–water partition coefficient (Wildman–Crippen LogP) is 0.856. The van der Waals surface area contributed by atoms with E-state index in [4.69, 9.17) is 10.9 Å². The molecule has 0 amide bonds. The van der Waals surface area contributed by atoms with Gasteiger partial charge in [0.05, 0.1) is 0 Å². The van der Waals surface area contributed by atoms with E-state index in [-0.39, 0.29) is 5.84 Å². The molecule has 0 rings (SSSR count). The monoisotopic (exact) mass is 205 g/mol. The van der Waals surface area contributed by atoms with Crippen molar-refractivity contribution in [2.24, 2.45) is 10.9 Å². The third-order valence-electron chi connectivity index (χ3n) is 1.64. The molecule has 5 heteroatoms. The van der Waals surface area contributed by atoms with Gasteiger partial charge in [-0.2, -0.15) is 11.8 Å². The molecule has 0 aromatic heterocycles. The number of thioether (sulfide) groups is 1. The zero-order valence-corrected chi connectivity index (χ0v) is 8.94. The van der Waals surface area contributed by atoms with E-state index in [0.717, 1.165) is 13.1 Å². The summed E-state index contributed by atoms with van der Waals surface area (Å²) in [5, 5.41) is 14.4. The summed E-state index contributed by atoms with van der Waals surface area (Å²) in [5.41, 5.74) is 5.29. The number of rotatable bonds is 8. The molecule has 0 bridgehead atoms. The first-order valence-corrected chi connectivity index (χ1v) is 5.86. The van der Waals surface area contributed by atoms with Crippen LogP contribution in [0.4, 0.5) is 0 Å². The largest absolute Gasteiger partial charge is 0.409 e. The molecule has 0 saturated heterocycles. The summed E-state index contributed by atoms with van der Waals surface area (Å²) in [5.74, 6) is 1.51. The van der Waals surface area contributed by atoms with Gasteiger partial charge in [-0.15, -0.1) is 0 Å². The highest BCUT2D eigenvalue weighted by atomic mass is 32.2.